The van der Waals surface area contributed by atoms with Crippen LogP contribution >= 0.6 is 11.6 Å². The second kappa shape index (κ2) is 8.65. The molecular formula is C23H20ClN7. The Kier molecular flexibility index (Phi) is 5.41. The summed E-state index contributed by atoms with van der Waals surface area (Å²) in [6.45, 7) is 3.29. The molecule has 1 aliphatic rings. The number of halogens is 1. The fourth-order valence-electron chi connectivity index (χ4n) is 3.58. The molecule has 0 N–H and O–H groups in total. The predicted molar refractivity (Wildman–Crippen MR) is 122 cm³/mol. The van der Waals surface area contributed by atoms with Crippen molar-refractivity contribution in [2.24, 2.45) is 0 Å². The number of piperazine rings is 1. The van der Waals surface area contributed by atoms with Crippen molar-refractivity contribution in [2.75, 3.05) is 36.0 Å². The predicted octanol–water partition coefficient (Wildman–Crippen LogP) is 3.98. The molecule has 1 saturated heterocycles. The van der Waals surface area contributed by atoms with E-state index in [4.69, 9.17) is 21.6 Å². The van der Waals surface area contributed by atoms with E-state index in [2.05, 4.69) is 24.8 Å². The summed E-state index contributed by atoms with van der Waals surface area (Å²) in [4.78, 5) is 27.1. The standard InChI is InChI=1S/C23H20ClN7/c24-19-6-4-17(5-7-19)20-15-21(29-22(28-20)18-3-1-8-25-16-18)30-11-13-31(14-12-30)23-26-9-2-10-27-23/h1-10,15-16H,11-14H2. The summed E-state index contributed by atoms with van der Waals surface area (Å²) < 4.78 is 0. The van der Waals surface area contributed by atoms with Crippen molar-refractivity contribution < 1.29 is 0 Å². The van der Waals surface area contributed by atoms with Gasteiger partial charge in [-0.15, -0.1) is 0 Å². The Morgan fingerprint density at radius 3 is 2.19 bits per heavy atom. The van der Waals surface area contributed by atoms with Crippen LogP contribution in [-0.2, 0) is 0 Å². The van der Waals surface area contributed by atoms with E-state index in [0.717, 1.165) is 54.8 Å². The molecule has 0 radical (unpaired) electrons. The fraction of sp³-hybridized carbons (Fsp3) is 0.174. The van der Waals surface area contributed by atoms with Crippen LogP contribution in [-0.4, -0.2) is 51.1 Å². The Hall–Kier alpha value is -3.58. The molecule has 4 heterocycles. The van der Waals surface area contributed by atoms with Gasteiger partial charge in [0.2, 0.25) is 5.95 Å². The van der Waals surface area contributed by atoms with Crippen LogP contribution < -0.4 is 9.80 Å². The van der Waals surface area contributed by atoms with E-state index in [-0.39, 0.29) is 0 Å². The molecule has 0 bridgehead atoms. The highest BCUT2D eigenvalue weighted by Gasteiger charge is 2.21. The third-order valence-electron chi connectivity index (χ3n) is 5.21. The van der Waals surface area contributed by atoms with Gasteiger partial charge in [-0.1, -0.05) is 23.7 Å². The largest absolute Gasteiger partial charge is 0.353 e. The molecule has 3 aromatic heterocycles. The van der Waals surface area contributed by atoms with E-state index in [9.17, 15) is 0 Å². The van der Waals surface area contributed by atoms with E-state index < -0.39 is 0 Å². The SMILES string of the molecule is Clc1ccc(-c2cc(N3CCN(c4ncccn4)CC3)nc(-c3cccnc3)n2)cc1. The van der Waals surface area contributed by atoms with Crippen molar-refractivity contribution in [3.8, 4) is 22.6 Å². The lowest BCUT2D eigenvalue weighted by molar-refractivity contribution is 0.634. The smallest absolute Gasteiger partial charge is 0.225 e. The Morgan fingerprint density at radius 2 is 1.48 bits per heavy atom. The van der Waals surface area contributed by atoms with Gasteiger partial charge < -0.3 is 9.80 Å². The van der Waals surface area contributed by atoms with Crippen LogP contribution in [0, 0.1) is 0 Å². The molecule has 4 aromatic rings. The maximum absolute atomic E-state index is 6.08. The number of anilines is 2. The molecule has 1 aliphatic heterocycles. The molecule has 0 atom stereocenters. The maximum atomic E-state index is 6.08. The highest BCUT2D eigenvalue weighted by molar-refractivity contribution is 6.30. The van der Waals surface area contributed by atoms with Gasteiger partial charge in [-0.3, -0.25) is 4.98 Å². The molecule has 5 rings (SSSR count). The molecule has 7 nitrogen and oxygen atoms in total. The monoisotopic (exact) mass is 429 g/mol. The topological polar surface area (TPSA) is 70.9 Å². The van der Waals surface area contributed by atoms with Crippen LogP contribution in [0.15, 0.2) is 73.3 Å². The lowest BCUT2D eigenvalue weighted by Crippen LogP contribution is -2.47. The van der Waals surface area contributed by atoms with E-state index in [1.165, 1.54) is 0 Å². The summed E-state index contributed by atoms with van der Waals surface area (Å²) >= 11 is 6.08. The normalized spacial score (nSPS) is 14.0. The van der Waals surface area contributed by atoms with Crippen LogP contribution in [0.3, 0.4) is 0 Å². The van der Waals surface area contributed by atoms with Gasteiger partial charge in [0.25, 0.3) is 0 Å². The molecule has 0 spiro atoms. The highest BCUT2D eigenvalue weighted by Crippen LogP contribution is 2.27. The maximum Gasteiger partial charge on any atom is 0.225 e. The molecule has 31 heavy (non-hydrogen) atoms. The third kappa shape index (κ3) is 4.32. The highest BCUT2D eigenvalue weighted by atomic mass is 35.5. The van der Waals surface area contributed by atoms with Gasteiger partial charge in [0, 0.05) is 73.2 Å². The van der Waals surface area contributed by atoms with Crippen molar-refractivity contribution in [3.63, 3.8) is 0 Å². The Bertz CT molecular complexity index is 1150. The zero-order chi connectivity index (χ0) is 21.0. The molecule has 154 valence electrons. The van der Waals surface area contributed by atoms with Gasteiger partial charge in [-0.25, -0.2) is 19.9 Å². The molecule has 0 saturated carbocycles. The quantitative estimate of drug-likeness (QED) is 0.486. The second-order valence-electron chi connectivity index (χ2n) is 7.21. The first-order chi connectivity index (χ1) is 15.3. The molecule has 1 fully saturated rings. The van der Waals surface area contributed by atoms with Gasteiger partial charge in [0.1, 0.15) is 5.82 Å². The van der Waals surface area contributed by atoms with Gasteiger partial charge in [0.15, 0.2) is 5.82 Å². The number of nitrogens with zero attached hydrogens (tertiary/aromatic N) is 7. The average Bonchev–Trinajstić information content (AvgIpc) is 2.85. The Morgan fingerprint density at radius 1 is 0.742 bits per heavy atom. The van der Waals surface area contributed by atoms with Crippen LogP contribution in [0.1, 0.15) is 0 Å². The molecule has 0 aliphatic carbocycles. The molecule has 8 heteroatoms. The Balaban J connectivity index is 1.46. The van der Waals surface area contributed by atoms with E-state index in [1.807, 2.05) is 48.5 Å². The van der Waals surface area contributed by atoms with Crippen molar-refractivity contribution in [2.45, 2.75) is 0 Å². The third-order valence-corrected chi connectivity index (χ3v) is 5.46. The summed E-state index contributed by atoms with van der Waals surface area (Å²) in [5, 5.41) is 0.699. The minimum atomic E-state index is 0.657. The Labute approximate surface area is 185 Å². The van der Waals surface area contributed by atoms with Crippen molar-refractivity contribution in [3.05, 3.63) is 78.3 Å². The van der Waals surface area contributed by atoms with Gasteiger partial charge in [0.05, 0.1) is 5.69 Å². The summed E-state index contributed by atoms with van der Waals surface area (Å²) in [5.41, 5.74) is 2.74. The minimum Gasteiger partial charge on any atom is -0.353 e. The first-order valence-corrected chi connectivity index (χ1v) is 10.5. The van der Waals surface area contributed by atoms with Crippen molar-refractivity contribution in [1.82, 2.24) is 24.9 Å². The van der Waals surface area contributed by atoms with E-state index in [0.29, 0.717) is 10.8 Å². The first-order valence-electron chi connectivity index (χ1n) is 10.1. The zero-order valence-electron chi connectivity index (χ0n) is 16.8. The number of benzene rings is 1. The van der Waals surface area contributed by atoms with Crippen LogP contribution in [0.4, 0.5) is 11.8 Å². The van der Waals surface area contributed by atoms with Gasteiger partial charge in [-0.2, -0.15) is 0 Å². The first kappa shape index (κ1) is 19.4. The zero-order valence-corrected chi connectivity index (χ0v) is 17.5. The lowest BCUT2D eigenvalue weighted by atomic mass is 10.1. The van der Waals surface area contributed by atoms with Gasteiger partial charge in [-0.05, 0) is 30.3 Å². The second-order valence-corrected chi connectivity index (χ2v) is 7.64. The molecule has 0 amide bonds. The summed E-state index contributed by atoms with van der Waals surface area (Å²) in [6, 6.07) is 15.4. The van der Waals surface area contributed by atoms with Gasteiger partial charge >= 0.3 is 0 Å². The molecular weight excluding hydrogens is 410 g/mol. The van der Waals surface area contributed by atoms with Crippen molar-refractivity contribution >= 4 is 23.4 Å². The summed E-state index contributed by atoms with van der Waals surface area (Å²) in [7, 11) is 0. The molecule has 1 aromatic carbocycles. The molecule has 0 unspecified atom stereocenters. The minimum absolute atomic E-state index is 0.657. The number of hydrogen-bond acceptors (Lipinski definition) is 7. The van der Waals surface area contributed by atoms with Crippen LogP contribution in [0.25, 0.3) is 22.6 Å². The number of pyridine rings is 1. The van der Waals surface area contributed by atoms with E-state index >= 15 is 0 Å². The number of aromatic nitrogens is 5. The van der Waals surface area contributed by atoms with Crippen LogP contribution in [0.2, 0.25) is 5.02 Å². The van der Waals surface area contributed by atoms with Crippen molar-refractivity contribution in [1.29, 1.82) is 0 Å². The number of rotatable bonds is 4. The fourth-order valence-corrected chi connectivity index (χ4v) is 3.71. The van der Waals surface area contributed by atoms with Crippen LogP contribution in [0.5, 0.6) is 0 Å². The summed E-state index contributed by atoms with van der Waals surface area (Å²) in [5.74, 6) is 2.32. The number of hydrogen-bond donors (Lipinski definition) is 0. The lowest BCUT2D eigenvalue weighted by Gasteiger charge is -2.35. The average molecular weight is 430 g/mol. The summed E-state index contributed by atoms with van der Waals surface area (Å²) in [6.07, 6.45) is 7.09. The van der Waals surface area contributed by atoms with E-state index in [1.54, 1.807) is 24.8 Å².